The molecule has 2 fully saturated rings. The third-order valence-corrected chi connectivity index (χ3v) is 3.71. The highest BCUT2D eigenvalue weighted by Gasteiger charge is 2.47. The lowest BCUT2D eigenvalue weighted by Crippen LogP contribution is -2.23. The Morgan fingerprint density at radius 3 is 2.00 bits per heavy atom. The zero-order valence-electron chi connectivity index (χ0n) is 7.66. The summed E-state index contributed by atoms with van der Waals surface area (Å²) in [5.41, 5.74) is 0. The zero-order valence-corrected chi connectivity index (χ0v) is 8.47. The van der Waals surface area contributed by atoms with Crippen molar-refractivity contribution in [2.24, 2.45) is 11.8 Å². The molecule has 0 bridgehead atoms. The highest BCUT2D eigenvalue weighted by Crippen LogP contribution is 2.39. The predicted molar refractivity (Wildman–Crippen MR) is 50.8 cm³/mol. The summed E-state index contributed by atoms with van der Waals surface area (Å²) in [4.78, 5) is 23.3. The first kappa shape index (κ1) is 9.06. The fraction of sp³-hybridized carbons (Fsp3) is 0.778. The minimum atomic E-state index is 0.00806. The van der Waals surface area contributed by atoms with Crippen LogP contribution in [0.2, 0.25) is 0 Å². The van der Waals surface area contributed by atoms with Gasteiger partial charge in [0.15, 0.2) is 0 Å². The molecule has 1 aliphatic heterocycles. The fourth-order valence-electron chi connectivity index (χ4n) is 2.31. The van der Waals surface area contributed by atoms with E-state index < -0.39 is 0 Å². The number of imide groups is 1. The Morgan fingerprint density at radius 1 is 1.15 bits per heavy atom. The van der Waals surface area contributed by atoms with Gasteiger partial charge in [-0.15, -0.1) is 0 Å². The van der Waals surface area contributed by atoms with Crippen molar-refractivity contribution in [2.45, 2.75) is 25.7 Å². The van der Waals surface area contributed by atoms with Gasteiger partial charge in [-0.2, -0.15) is 0 Å². The third kappa shape index (κ3) is 1.27. The SMILES string of the molecule is CSN1C(=O)C2CCCCC2C1=O. The molecule has 2 amide bonds. The first-order valence-corrected chi connectivity index (χ1v) is 5.86. The molecule has 2 aliphatic rings. The maximum absolute atomic E-state index is 11.7. The van der Waals surface area contributed by atoms with E-state index in [1.165, 1.54) is 16.3 Å². The number of amides is 2. The molecule has 2 unspecified atom stereocenters. The molecule has 0 aromatic rings. The molecule has 13 heavy (non-hydrogen) atoms. The Bertz CT molecular complexity index is 230. The van der Waals surface area contributed by atoms with E-state index >= 15 is 0 Å². The van der Waals surface area contributed by atoms with E-state index in [1.54, 1.807) is 6.26 Å². The highest BCUT2D eigenvalue weighted by atomic mass is 32.2. The summed E-state index contributed by atoms with van der Waals surface area (Å²) in [6, 6.07) is 0. The molecule has 1 saturated heterocycles. The summed E-state index contributed by atoms with van der Waals surface area (Å²) in [5.74, 6) is 0.104. The van der Waals surface area contributed by atoms with Gasteiger partial charge in [0.05, 0.1) is 11.8 Å². The Morgan fingerprint density at radius 2 is 1.62 bits per heavy atom. The van der Waals surface area contributed by atoms with Crippen LogP contribution in [0.1, 0.15) is 25.7 Å². The van der Waals surface area contributed by atoms with Gasteiger partial charge in [0.2, 0.25) is 11.8 Å². The van der Waals surface area contributed by atoms with Gasteiger partial charge >= 0.3 is 0 Å². The molecular weight excluding hydrogens is 186 g/mol. The normalized spacial score (nSPS) is 33.8. The lowest BCUT2D eigenvalue weighted by atomic mass is 9.81. The highest BCUT2D eigenvalue weighted by molar-refractivity contribution is 7.97. The molecule has 0 aromatic heterocycles. The molecule has 1 aliphatic carbocycles. The van der Waals surface area contributed by atoms with Gasteiger partial charge in [-0.25, -0.2) is 4.31 Å². The van der Waals surface area contributed by atoms with E-state index in [9.17, 15) is 9.59 Å². The van der Waals surface area contributed by atoms with E-state index in [0.717, 1.165) is 25.7 Å². The van der Waals surface area contributed by atoms with Gasteiger partial charge in [0, 0.05) is 6.26 Å². The van der Waals surface area contributed by atoms with Crippen LogP contribution in [0.25, 0.3) is 0 Å². The van der Waals surface area contributed by atoms with Gasteiger partial charge in [-0.3, -0.25) is 9.59 Å². The average Bonchev–Trinajstić information content (AvgIpc) is 2.41. The minimum absolute atomic E-state index is 0.00806. The van der Waals surface area contributed by atoms with E-state index in [-0.39, 0.29) is 23.7 Å². The van der Waals surface area contributed by atoms with Crippen molar-refractivity contribution >= 4 is 23.8 Å². The summed E-state index contributed by atoms with van der Waals surface area (Å²) in [7, 11) is 0. The number of hydrogen-bond acceptors (Lipinski definition) is 3. The molecule has 1 saturated carbocycles. The largest absolute Gasteiger partial charge is 0.273 e. The Hall–Kier alpha value is -0.510. The maximum Gasteiger partial charge on any atom is 0.243 e. The third-order valence-electron chi connectivity index (χ3n) is 2.98. The molecule has 2 atom stereocenters. The molecule has 0 N–H and O–H groups in total. The molecular formula is C9H13NO2S. The van der Waals surface area contributed by atoms with Crippen LogP contribution in [0.3, 0.4) is 0 Å². The van der Waals surface area contributed by atoms with Crippen molar-refractivity contribution in [1.29, 1.82) is 0 Å². The molecule has 0 aromatic carbocycles. The summed E-state index contributed by atoms with van der Waals surface area (Å²) in [5, 5.41) is 0. The molecule has 0 spiro atoms. The van der Waals surface area contributed by atoms with Crippen molar-refractivity contribution in [3.63, 3.8) is 0 Å². The second-order valence-corrected chi connectivity index (χ2v) is 4.38. The number of nitrogens with zero attached hydrogens (tertiary/aromatic N) is 1. The monoisotopic (exact) mass is 199 g/mol. The van der Waals surface area contributed by atoms with Crippen LogP contribution in [-0.4, -0.2) is 22.4 Å². The number of hydrogen-bond donors (Lipinski definition) is 0. The molecule has 72 valence electrons. The van der Waals surface area contributed by atoms with E-state index in [0.29, 0.717) is 0 Å². The molecule has 0 radical (unpaired) electrons. The molecule has 4 heteroatoms. The van der Waals surface area contributed by atoms with Crippen LogP contribution in [-0.2, 0) is 9.59 Å². The topological polar surface area (TPSA) is 37.4 Å². The first-order valence-electron chi connectivity index (χ1n) is 4.67. The number of carbonyl (C=O) groups is 2. The van der Waals surface area contributed by atoms with Crippen molar-refractivity contribution in [2.75, 3.05) is 6.26 Å². The molecule has 1 heterocycles. The summed E-state index contributed by atoms with van der Waals surface area (Å²) in [6.07, 6.45) is 5.80. The second kappa shape index (κ2) is 3.33. The lowest BCUT2D eigenvalue weighted by molar-refractivity contribution is -0.133. The lowest BCUT2D eigenvalue weighted by Gasteiger charge is -2.19. The average molecular weight is 199 g/mol. The predicted octanol–water partition coefficient (Wildman–Crippen LogP) is 1.44. The van der Waals surface area contributed by atoms with Crippen molar-refractivity contribution in [3.05, 3.63) is 0 Å². The minimum Gasteiger partial charge on any atom is -0.273 e. The van der Waals surface area contributed by atoms with Crippen LogP contribution in [0.5, 0.6) is 0 Å². The van der Waals surface area contributed by atoms with Crippen LogP contribution >= 0.6 is 11.9 Å². The Kier molecular flexibility index (Phi) is 2.32. The van der Waals surface area contributed by atoms with Crippen LogP contribution in [0.4, 0.5) is 0 Å². The van der Waals surface area contributed by atoms with Crippen LogP contribution < -0.4 is 0 Å². The maximum atomic E-state index is 11.7. The van der Waals surface area contributed by atoms with Crippen LogP contribution in [0, 0.1) is 11.8 Å². The van der Waals surface area contributed by atoms with Gasteiger partial charge in [-0.05, 0) is 24.8 Å². The standard InChI is InChI=1S/C9H13NO2S/c1-13-10-8(11)6-4-2-3-5-7(6)9(10)12/h6-7H,2-5H2,1H3. The van der Waals surface area contributed by atoms with E-state index in [1.807, 2.05) is 0 Å². The number of carbonyl (C=O) groups excluding carboxylic acids is 2. The quantitative estimate of drug-likeness (QED) is 0.473. The number of rotatable bonds is 1. The fourth-order valence-corrected chi connectivity index (χ4v) is 2.94. The number of fused-ring (bicyclic) bond motifs is 1. The van der Waals surface area contributed by atoms with Gasteiger partial charge in [0.25, 0.3) is 0 Å². The van der Waals surface area contributed by atoms with E-state index in [2.05, 4.69) is 0 Å². The summed E-state index contributed by atoms with van der Waals surface area (Å²) in [6.45, 7) is 0. The Labute approximate surface area is 82.0 Å². The Balaban J connectivity index is 2.22. The van der Waals surface area contributed by atoms with Crippen molar-refractivity contribution in [1.82, 2.24) is 4.31 Å². The summed E-state index contributed by atoms with van der Waals surface area (Å²) >= 11 is 1.25. The zero-order chi connectivity index (χ0) is 9.42. The second-order valence-electron chi connectivity index (χ2n) is 3.65. The van der Waals surface area contributed by atoms with Crippen LogP contribution in [0.15, 0.2) is 0 Å². The molecule has 2 rings (SSSR count). The van der Waals surface area contributed by atoms with Gasteiger partial charge in [-0.1, -0.05) is 12.8 Å². The van der Waals surface area contributed by atoms with Crippen molar-refractivity contribution in [3.8, 4) is 0 Å². The van der Waals surface area contributed by atoms with Gasteiger partial charge in [0.1, 0.15) is 0 Å². The smallest absolute Gasteiger partial charge is 0.243 e. The van der Waals surface area contributed by atoms with E-state index in [4.69, 9.17) is 0 Å². The first-order chi connectivity index (χ1) is 6.25. The summed E-state index contributed by atoms with van der Waals surface area (Å²) < 4.78 is 1.35. The van der Waals surface area contributed by atoms with Crippen molar-refractivity contribution < 1.29 is 9.59 Å². The molecule has 3 nitrogen and oxygen atoms in total. The van der Waals surface area contributed by atoms with Gasteiger partial charge < -0.3 is 0 Å².